The summed E-state index contributed by atoms with van der Waals surface area (Å²) in [6.07, 6.45) is -0.385. The molecular weight excluding hydrogens is 389 g/mol. The van der Waals surface area contributed by atoms with Gasteiger partial charge < -0.3 is 14.9 Å². The number of carbonyl (C=O) groups excluding carboxylic acids is 2. The van der Waals surface area contributed by atoms with Crippen molar-refractivity contribution < 1.29 is 37.7 Å². The first-order valence-corrected chi connectivity index (χ1v) is 8.34. The lowest BCUT2D eigenvalue weighted by molar-refractivity contribution is -0.275. The van der Waals surface area contributed by atoms with Gasteiger partial charge in [-0.25, -0.2) is 0 Å². The Balaban J connectivity index is 1.98. The first-order valence-electron chi connectivity index (χ1n) is 8.34. The minimum Gasteiger partial charge on any atom is -0.508 e. The Morgan fingerprint density at radius 2 is 1.45 bits per heavy atom. The second-order valence-electron chi connectivity index (χ2n) is 6.10. The molecule has 2 N–H and O–H groups in total. The highest BCUT2D eigenvalue weighted by atomic mass is 19.4. The summed E-state index contributed by atoms with van der Waals surface area (Å²) in [5.41, 5.74) is 1.50. The monoisotopic (exact) mass is 406 g/mol. The van der Waals surface area contributed by atoms with E-state index in [1.165, 1.54) is 30.4 Å². The highest BCUT2D eigenvalue weighted by Gasteiger charge is 2.32. The van der Waals surface area contributed by atoms with Crippen LogP contribution in [0.25, 0.3) is 12.2 Å². The first-order chi connectivity index (χ1) is 13.5. The molecule has 0 aliphatic rings. The number of aromatic hydroxyl groups is 2. The van der Waals surface area contributed by atoms with E-state index in [2.05, 4.69) is 4.74 Å². The van der Waals surface area contributed by atoms with Gasteiger partial charge in [-0.3, -0.25) is 9.59 Å². The molecule has 152 valence electrons. The molecule has 29 heavy (non-hydrogen) atoms. The van der Waals surface area contributed by atoms with Gasteiger partial charge in [0.1, 0.15) is 5.75 Å². The van der Waals surface area contributed by atoms with E-state index in [9.17, 15) is 33.0 Å². The quantitative estimate of drug-likeness (QED) is 0.520. The van der Waals surface area contributed by atoms with Crippen molar-refractivity contribution in [2.75, 3.05) is 0 Å². The van der Waals surface area contributed by atoms with E-state index in [0.717, 1.165) is 18.2 Å². The number of benzene rings is 2. The van der Waals surface area contributed by atoms with Crippen LogP contribution >= 0.6 is 0 Å². The molecule has 0 saturated heterocycles. The normalized spacial score (nSPS) is 11.9. The number of allylic oxidation sites excluding steroid dienone is 2. The number of hydrogen-bond donors (Lipinski definition) is 2. The average Bonchev–Trinajstić information content (AvgIpc) is 2.62. The van der Waals surface area contributed by atoms with E-state index >= 15 is 0 Å². The van der Waals surface area contributed by atoms with Crippen molar-refractivity contribution in [3.63, 3.8) is 0 Å². The molecule has 0 aliphatic heterocycles. The largest absolute Gasteiger partial charge is 0.573 e. The molecule has 0 saturated carbocycles. The summed E-state index contributed by atoms with van der Waals surface area (Å²) < 4.78 is 40.5. The summed E-state index contributed by atoms with van der Waals surface area (Å²) in [6.45, 7) is 1.71. The van der Waals surface area contributed by atoms with Crippen LogP contribution < -0.4 is 4.74 Å². The number of rotatable bonds is 7. The SMILES string of the molecule is Cc1cc(/C=C/C(=O)CC(=O)/C=C/c2ccc(O)c(OC(F)(F)F)c2)ccc1O. The third-order valence-electron chi connectivity index (χ3n) is 3.70. The summed E-state index contributed by atoms with van der Waals surface area (Å²) in [7, 11) is 0. The van der Waals surface area contributed by atoms with Crippen molar-refractivity contribution >= 4 is 23.7 Å². The van der Waals surface area contributed by atoms with E-state index < -0.39 is 35.8 Å². The predicted molar refractivity (Wildman–Crippen MR) is 100 cm³/mol. The van der Waals surface area contributed by atoms with Gasteiger partial charge in [0, 0.05) is 0 Å². The molecule has 2 aromatic carbocycles. The second-order valence-corrected chi connectivity index (χ2v) is 6.10. The van der Waals surface area contributed by atoms with Gasteiger partial charge in [0.05, 0.1) is 6.42 Å². The number of halogens is 3. The molecule has 8 heteroatoms. The molecule has 2 rings (SSSR count). The summed E-state index contributed by atoms with van der Waals surface area (Å²) >= 11 is 0. The van der Waals surface area contributed by atoms with E-state index in [1.807, 2.05) is 0 Å². The maximum atomic E-state index is 12.3. The second kappa shape index (κ2) is 9.09. The molecule has 0 aromatic heterocycles. The predicted octanol–water partition coefficient (Wildman–Crippen LogP) is 4.56. The Hall–Kier alpha value is -3.55. The molecule has 5 nitrogen and oxygen atoms in total. The molecule has 2 aromatic rings. The number of phenols is 2. The van der Waals surface area contributed by atoms with Crippen molar-refractivity contribution in [1.29, 1.82) is 0 Å². The first kappa shape index (κ1) is 21.7. The van der Waals surface area contributed by atoms with Crippen LogP contribution in [0.3, 0.4) is 0 Å². The van der Waals surface area contributed by atoms with E-state index in [1.54, 1.807) is 19.1 Å². The van der Waals surface area contributed by atoms with Crippen LogP contribution in [-0.4, -0.2) is 28.1 Å². The number of alkyl halides is 3. The summed E-state index contributed by atoms with van der Waals surface area (Å²) in [4.78, 5) is 23.8. The summed E-state index contributed by atoms with van der Waals surface area (Å²) in [5, 5.41) is 18.9. The lowest BCUT2D eigenvalue weighted by Gasteiger charge is -2.10. The Bertz CT molecular complexity index is 975. The molecule has 0 amide bonds. The third kappa shape index (κ3) is 7.17. The molecule has 0 heterocycles. The summed E-state index contributed by atoms with van der Waals surface area (Å²) in [6, 6.07) is 7.98. The summed E-state index contributed by atoms with van der Waals surface area (Å²) in [5.74, 6) is -2.37. The van der Waals surface area contributed by atoms with Crippen molar-refractivity contribution in [2.45, 2.75) is 19.7 Å². The van der Waals surface area contributed by atoms with Gasteiger partial charge in [0.15, 0.2) is 23.1 Å². The fourth-order valence-corrected chi connectivity index (χ4v) is 2.29. The minimum atomic E-state index is -4.97. The van der Waals surface area contributed by atoms with Crippen LogP contribution in [0.5, 0.6) is 17.2 Å². The van der Waals surface area contributed by atoms with Crippen LogP contribution in [-0.2, 0) is 9.59 Å². The topological polar surface area (TPSA) is 83.8 Å². The number of ketones is 2. The van der Waals surface area contributed by atoms with Crippen molar-refractivity contribution in [2.24, 2.45) is 0 Å². The van der Waals surface area contributed by atoms with Crippen LogP contribution in [0.1, 0.15) is 23.1 Å². The number of hydrogen-bond acceptors (Lipinski definition) is 5. The van der Waals surface area contributed by atoms with Gasteiger partial charge in [-0.2, -0.15) is 0 Å². The molecule has 0 bridgehead atoms. The Kier molecular flexibility index (Phi) is 6.82. The van der Waals surface area contributed by atoms with Crippen LogP contribution in [0, 0.1) is 6.92 Å². The van der Waals surface area contributed by atoms with Crippen LogP contribution in [0.2, 0.25) is 0 Å². The van der Waals surface area contributed by atoms with E-state index in [4.69, 9.17) is 0 Å². The average molecular weight is 406 g/mol. The Morgan fingerprint density at radius 1 is 0.931 bits per heavy atom. The number of carbonyl (C=O) groups is 2. The fourth-order valence-electron chi connectivity index (χ4n) is 2.29. The molecule has 0 unspecified atom stereocenters. The van der Waals surface area contributed by atoms with E-state index in [-0.39, 0.29) is 11.3 Å². The molecular formula is C21H17F3O5. The standard InChI is InChI=1S/C21H17F3O5/c1-13-10-14(4-8-18(13)27)2-6-16(25)12-17(26)7-3-15-5-9-19(28)20(11-15)29-21(22,23)24/h2-11,27-28H,12H2,1H3/b6-2+,7-3+. The lowest BCUT2D eigenvalue weighted by atomic mass is 10.1. The van der Waals surface area contributed by atoms with E-state index in [0.29, 0.717) is 11.1 Å². The van der Waals surface area contributed by atoms with Crippen molar-refractivity contribution in [3.05, 3.63) is 65.2 Å². The van der Waals surface area contributed by atoms with Gasteiger partial charge in [-0.15, -0.1) is 13.2 Å². The van der Waals surface area contributed by atoms with Crippen molar-refractivity contribution in [3.8, 4) is 17.2 Å². The van der Waals surface area contributed by atoms with Gasteiger partial charge in [0.2, 0.25) is 0 Å². The zero-order valence-corrected chi connectivity index (χ0v) is 15.2. The maximum absolute atomic E-state index is 12.3. The molecule has 0 spiro atoms. The van der Waals surface area contributed by atoms with Crippen LogP contribution in [0.4, 0.5) is 13.2 Å². The van der Waals surface area contributed by atoms with Crippen molar-refractivity contribution in [1.82, 2.24) is 0 Å². The number of ether oxygens (including phenoxy) is 1. The van der Waals surface area contributed by atoms with Crippen LogP contribution in [0.15, 0.2) is 48.6 Å². The molecule has 0 fully saturated rings. The fraction of sp³-hybridized carbons (Fsp3) is 0.143. The van der Waals surface area contributed by atoms with Gasteiger partial charge in [0.25, 0.3) is 0 Å². The Morgan fingerprint density at radius 3 is 1.97 bits per heavy atom. The zero-order chi connectivity index (χ0) is 21.6. The highest BCUT2D eigenvalue weighted by molar-refractivity contribution is 6.10. The molecule has 0 aliphatic carbocycles. The number of phenolic OH excluding ortho intramolecular Hbond substituents is 2. The molecule has 0 radical (unpaired) electrons. The maximum Gasteiger partial charge on any atom is 0.573 e. The van der Waals surface area contributed by atoms with Gasteiger partial charge >= 0.3 is 6.36 Å². The molecule has 0 atom stereocenters. The number of aryl methyl sites for hydroxylation is 1. The third-order valence-corrected chi connectivity index (χ3v) is 3.70. The highest BCUT2D eigenvalue weighted by Crippen LogP contribution is 2.32. The minimum absolute atomic E-state index is 0.131. The van der Waals surface area contributed by atoms with Gasteiger partial charge in [-0.05, 0) is 60.0 Å². The van der Waals surface area contributed by atoms with Gasteiger partial charge in [-0.1, -0.05) is 24.3 Å². The zero-order valence-electron chi connectivity index (χ0n) is 15.2. The smallest absolute Gasteiger partial charge is 0.508 e. The lowest BCUT2D eigenvalue weighted by Crippen LogP contribution is -2.17. The Labute approximate surface area is 164 Å².